The van der Waals surface area contributed by atoms with E-state index >= 15 is 0 Å². The summed E-state index contributed by atoms with van der Waals surface area (Å²) in [7, 11) is 4.07. The van der Waals surface area contributed by atoms with Crippen LogP contribution >= 0.6 is 0 Å². The van der Waals surface area contributed by atoms with E-state index in [2.05, 4.69) is 39.8 Å². The zero-order valence-electron chi connectivity index (χ0n) is 21.0. The minimum atomic E-state index is -0.770. The molecule has 0 radical (unpaired) electrons. The van der Waals surface area contributed by atoms with Crippen LogP contribution in [0.4, 0.5) is 0 Å². The Balaban J connectivity index is 1.77. The third kappa shape index (κ3) is 8.32. The molecule has 6 heteroatoms. The summed E-state index contributed by atoms with van der Waals surface area (Å²) in [6.45, 7) is 2.09. The first-order valence-electron chi connectivity index (χ1n) is 11.9. The van der Waals surface area contributed by atoms with E-state index in [4.69, 9.17) is 0 Å². The molecule has 0 aliphatic rings. The van der Waals surface area contributed by atoms with Gasteiger partial charge in [-0.1, -0.05) is 84.9 Å². The van der Waals surface area contributed by atoms with Gasteiger partial charge in [0.25, 0.3) is 5.91 Å². The normalized spacial score (nSPS) is 11.9. The fourth-order valence-electron chi connectivity index (χ4n) is 3.80. The number of carbonyl (C=O) groups is 3. The van der Waals surface area contributed by atoms with Crippen LogP contribution in [0.3, 0.4) is 0 Å². The van der Waals surface area contributed by atoms with Crippen molar-refractivity contribution in [3.63, 3.8) is 0 Å². The lowest BCUT2D eigenvalue weighted by Gasteiger charge is -2.19. The van der Waals surface area contributed by atoms with Crippen LogP contribution in [0, 0.1) is 0 Å². The number of ketones is 1. The van der Waals surface area contributed by atoms with Crippen molar-refractivity contribution < 1.29 is 14.4 Å². The predicted octanol–water partition coefficient (Wildman–Crippen LogP) is 3.96. The summed E-state index contributed by atoms with van der Waals surface area (Å²) < 4.78 is 0. The number of hydrogen-bond acceptors (Lipinski definition) is 4. The fourth-order valence-corrected chi connectivity index (χ4v) is 3.80. The molecule has 0 aliphatic heterocycles. The molecule has 0 spiro atoms. The number of rotatable bonds is 11. The molecule has 0 aliphatic carbocycles. The molecule has 0 heterocycles. The molecule has 0 unspecified atom stereocenters. The molecule has 0 fully saturated rings. The van der Waals surface area contributed by atoms with Crippen molar-refractivity contribution >= 4 is 29.7 Å². The molecule has 3 aromatic rings. The van der Waals surface area contributed by atoms with Crippen molar-refractivity contribution in [2.45, 2.75) is 25.9 Å². The molecule has 1 atom stereocenters. The van der Waals surface area contributed by atoms with Gasteiger partial charge < -0.3 is 15.5 Å². The Kier molecular flexibility index (Phi) is 9.72. The summed E-state index contributed by atoms with van der Waals surface area (Å²) in [6.07, 6.45) is 4.21. The zero-order chi connectivity index (χ0) is 25.9. The average molecular weight is 484 g/mol. The number of nitrogens with zero attached hydrogens (tertiary/aromatic N) is 1. The molecule has 0 aromatic heterocycles. The maximum atomic E-state index is 13.3. The van der Waals surface area contributed by atoms with Gasteiger partial charge in [-0.15, -0.1) is 0 Å². The van der Waals surface area contributed by atoms with E-state index in [0.29, 0.717) is 12.0 Å². The summed E-state index contributed by atoms with van der Waals surface area (Å²) in [5, 5.41) is 5.43. The van der Waals surface area contributed by atoms with Gasteiger partial charge in [-0.25, -0.2) is 0 Å². The van der Waals surface area contributed by atoms with Crippen LogP contribution in [-0.2, 0) is 22.6 Å². The van der Waals surface area contributed by atoms with Crippen LogP contribution in [0.25, 0.3) is 12.2 Å². The standard InChI is InChI=1S/C30H33N3O3/c1-22(34)31-20-29(35)28(19-24-9-5-4-6-10-24)32-30(36)27-12-8-7-11-26(27)18-17-23-13-15-25(16-14-23)21-33(2)3/h4-18,28H,19-21H2,1-3H3,(H,31,34)(H,32,36)/t28-/m0/s1. The maximum Gasteiger partial charge on any atom is 0.252 e. The Labute approximate surface area is 213 Å². The smallest absolute Gasteiger partial charge is 0.252 e. The van der Waals surface area contributed by atoms with E-state index in [9.17, 15) is 14.4 Å². The monoisotopic (exact) mass is 483 g/mol. The Morgan fingerprint density at radius 2 is 1.50 bits per heavy atom. The second kappa shape index (κ2) is 13.2. The lowest BCUT2D eigenvalue weighted by atomic mass is 10.00. The van der Waals surface area contributed by atoms with Crippen LogP contribution in [0.2, 0.25) is 0 Å². The number of Topliss-reactive ketones (excluding diaryl/α,β-unsaturated/α-hetero) is 1. The number of hydrogen-bond donors (Lipinski definition) is 2. The number of nitrogens with one attached hydrogen (secondary N) is 2. The molecule has 0 saturated heterocycles. The average Bonchev–Trinajstić information content (AvgIpc) is 2.87. The van der Waals surface area contributed by atoms with Crippen molar-refractivity contribution in [3.8, 4) is 0 Å². The molecule has 3 rings (SSSR count). The summed E-state index contributed by atoms with van der Waals surface area (Å²) in [5.41, 5.74) is 4.40. The molecule has 36 heavy (non-hydrogen) atoms. The lowest BCUT2D eigenvalue weighted by molar-refractivity contribution is -0.124. The van der Waals surface area contributed by atoms with Crippen molar-refractivity contribution in [2.24, 2.45) is 0 Å². The van der Waals surface area contributed by atoms with E-state index in [0.717, 1.165) is 23.2 Å². The highest BCUT2D eigenvalue weighted by Crippen LogP contribution is 2.15. The predicted molar refractivity (Wildman–Crippen MR) is 144 cm³/mol. The summed E-state index contributed by atoms with van der Waals surface area (Å²) >= 11 is 0. The van der Waals surface area contributed by atoms with E-state index in [1.807, 2.05) is 68.7 Å². The van der Waals surface area contributed by atoms with Gasteiger partial charge in [0.2, 0.25) is 5.91 Å². The third-order valence-electron chi connectivity index (χ3n) is 5.63. The summed E-state index contributed by atoms with van der Waals surface area (Å²) in [6, 6.07) is 24.3. The van der Waals surface area contributed by atoms with Gasteiger partial charge in [-0.05, 0) is 48.8 Å². The number of carbonyl (C=O) groups excluding carboxylic acids is 3. The minimum absolute atomic E-state index is 0.140. The molecular weight excluding hydrogens is 450 g/mol. The third-order valence-corrected chi connectivity index (χ3v) is 5.63. The van der Waals surface area contributed by atoms with E-state index in [1.165, 1.54) is 12.5 Å². The molecule has 6 nitrogen and oxygen atoms in total. The Morgan fingerprint density at radius 1 is 0.833 bits per heavy atom. The van der Waals surface area contributed by atoms with Gasteiger partial charge in [0.05, 0.1) is 12.6 Å². The van der Waals surface area contributed by atoms with Crippen LogP contribution in [0.5, 0.6) is 0 Å². The first-order valence-corrected chi connectivity index (χ1v) is 11.9. The van der Waals surface area contributed by atoms with Crippen molar-refractivity contribution in [3.05, 3.63) is 107 Å². The van der Waals surface area contributed by atoms with Gasteiger partial charge in [-0.3, -0.25) is 14.4 Å². The van der Waals surface area contributed by atoms with Gasteiger partial charge in [0, 0.05) is 19.0 Å². The van der Waals surface area contributed by atoms with E-state index in [-0.39, 0.29) is 24.1 Å². The number of amides is 2. The van der Waals surface area contributed by atoms with Crippen LogP contribution in [0.15, 0.2) is 78.9 Å². The molecular formula is C30H33N3O3. The topological polar surface area (TPSA) is 78.5 Å². The molecule has 0 bridgehead atoms. The second-order valence-electron chi connectivity index (χ2n) is 8.99. The summed E-state index contributed by atoms with van der Waals surface area (Å²) in [4.78, 5) is 39.6. The Morgan fingerprint density at radius 3 is 2.17 bits per heavy atom. The summed E-state index contributed by atoms with van der Waals surface area (Å²) in [5.74, 6) is -0.889. The minimum Gasteiger partial charge on any atom is -0.349 e. The Bertz CT molecular complexity index is 1200. The van der Waals surface area contributed by atoms with E-state index in [1.54, 1.807) is 12.1 Å². The molecule has 3 aromatic carbocycles. The highest BCUT2D eigenvalue weighted by Gasteiger charge is 2.22. The van der Waals surface area contributed by atoms with Crippen LogP contribution < -0.4 is 10.6 Å². The van der Waals surface area contributed by atoms with E-state index < -0.39 is 6.04 Å². The molecule has 2 amide bonds. The maximum absolute atomic E-state index is 13.3. The van der Waals surface area contributed by atoms with Crippen molar-refractivity contribution in [2.75, 3.05) is 20.6 Å². The van der Waals surface area contributed by atoms with Gasteiger partial charge >= 0.3 is 0 Å². The fraction of sp³-hybridized carbons (Fsp3) is 0.233. The zero-order valence-corrected chi connectivity index (χ0v) is 21.0. The van der Waals surface area contributed by atoms with Gasteiger partial charge in [-0.2, -0.15) is 0 Å². The molecule has 0 saturated carbocycles. The SMILES string of the molecule is CC(=O)NCC(=O)[C@H](Cc1ccccc1)NC(=O)c1ccccc1C=Cc1ccc(CN(C)C)cc1. The largest absolute Gasteiger partial charge is 0.349 e. The van der Waals surface area contributed by atoms with Crippen LogP contribution in [-0.4, -0.2) is 49.2 Å². The quantitative estimate of drug-likeness (QED) is 0.405. The first kappa shape index (κ1) is 26.6. The second-order valence-corrected chi connectivity index (χ2v) is 8.99. The van der Waals surface area contributed by atoms with Gasteiger partial charge in [0.15, 0.2) is 5.78 Å². The highest BCUT2D eigenvalue weighted by molar-refractivity contribution is 6.01. The van der Waals surface area contributed by atoms with Crippen molar-refractivity contribution in [1.82, 2.24) is 15.5 Å². The van der Waals surface area contributed by atoms with Crippen LogP contribution in [0.1, 0.15) is 39.5 Å². The number of benzene rings is 3. The highest BCUT2D eigenvalue weighted by atomic mass is 16.2. The molecule has 186 valence electrons. The lowest BCUT2D eigenvalue weighted by Crippen LogP contribution is -2.46. The van der Waals surface area contributed by atoms with Crippen molar-refractivity contribution in [1.29, 1.82) is 0 Å². The van der Waals surface area contributed by atoms with Gasteiger partial charge in [0.1, 0.15) is 0 Å². The first-order chi connectivity index (χ1) is 17.3. The molecule has 2 N–H and O–H groups in total. The Hall–Kier alpha value is -4.03.